The summed E-state index contributed by atoms with van der Waals surface area (Å²) in [5, 5.41) is 4.98. The minimum atomic E-state index is -3.93. The van der Waals surface area contributed by atoms with Gasteiger partial charge in [-0.15, -0.1) is 0 Å². The Bertz CT molecular complexity index is 1160. The Morgan fingerprint density at radius 3 is 2.21 bits per heavy atom. The van der Waals surface area contributed by atoms with Crippen LogP contribution in [0, 0.1) is 5.82 Å². The van der Waals surface area contributed by atoms with E-state index in [0.717, 1.165) is 12.1 Å². The fourth-order valence-corrected chi connectivity index (χ4v) is 4.70. The van der Waals surface area contributed by atoms with Crippen molar-refractivity contribution in [2.45, 2.75) is 45.1 Å². The highest BCUT2D eigenvalue weighted by molar-refractivity contribution is 7.89. The van der Waals surface area contributed by atoms with Crippen LogP contribution in [0.25, 0.3) is 0 Å². The van der Waals surface area contributed by atoms with E-state index in [1.807, 2.05) is 0 Å². The molecule has 0 radical (unpaired) electrons. The highest BCUT2D eigenvalue weighted by atomic mass is 32.2. The number of hydrogen-bond acceptors (Lipinski definition) is 6. The molecule has 0 unspecified atom stereocenters. The Morgan fingerprint density at radius 2 is 1.65 bits per heavy atom. The van der Waals surface area contributed by atoms with E-state index in [-0.39, 0.29) is 40.7 Å². The van der Waals surface area contributed by atoms with Gasteiger partial charge in [0, 0.05) is 18.7 Å². The maximum Gasteiger partial charge on any atom is 0.412 e. The van der Waals surface area contributed by atoms with E-state index in [0.29, 0.717) is 0 Å². The van der Waals surface area contributed by atoms with Gasteiger partial charge in [-0.2, -0.15) is 4.31 Å². The summed E-state index contributed by atoms with van der Waals surface area (Å²) in [4.78, 5) is 24.9. The molecule has 0 fully saturated rings. The third-order valence-corrected chi connectivity index (χ3v) is 6.69. The van der Waals surface area contributed by atoms with Crippen LogP contribution in [0.15, 0.2) is 41.3 Å². The first-order chi connectivity index (χ1) is 15.8. The molecule has 0 saturated heterocycles. The predicted octanol–water partition coefficient (Wildman–Crippen LogP) is 4.46. The number of benzene rings is 2. The fourth-order valence-electron chi connectivity index (χ4n) is 3.06. The van der Waals surface area contributed by atoms with Crippen LogP contribution >= 0.6 is 0 Å². The highest BCUT2D eigenvalue weighted by Crippen LogP contribution is 2.29. The van der Waals surface area contributed by atoms with Crippen LogP contribution in [-0.2, 0) is 14.8 Å². The van der Waals surface area contributed by atoms with Gasteiger partial charge in [0.25, 0.3) is 5.91 Å². The first-order valence-electron chi connectivity index (χ1n) is 10.6. The second-order valence-electron chi connectivity index (χ2n) is 8.23. The first-order valence-corrected chi connectivity index (χ1v) is 12.1. The van der Waals surface area contributed by atoms with Gasteiger partial charge in [-0.25, -0.2) is 17.6 Å². The SMILES string of the molecule is CCN(CC)S(=O)(=O)c1cc(C(=O)Nc2cc(F)ccc2NC(=O)OC(C)(C)C)ccc1OC. The molecule has 0 atom stereocenters. The minimum Gasteiger partial charge on any atom is -0.495 e. The molecule has 0 aromatic heterocycles. The van der Waals surface area contributed by atoms with E-state index in [1.165, 1.54) is 35.7 Å². The van der Waals surface area contributed by atoms with Crippen molar-refractivity contribution in [3.63, 3.8) is 0 Å². The lowest BCUT2D eigenvalue weighted by atomic mass is 10.2. The summed E-state index contributed by atoms with van der Waals surface area (Å²) in [6, 6.07) is 7.37. The molecule has 2 rings (SSSR count). The molecule has 0 saturated carbocycles. The molecule has 0 spiro atoms. The largest absolute Gasteiger partial charge is 0.495 e. The zero-order valence-corrected chi connectivity index (χ0v) is 20.9. The first kappa shape index (κ1) is 27.1. The average Bonchev–Trinajstić information content (AvgIpc) is 2.74. The highest BCUT2D eigenvalue weighted by Gasteiger charge is 2.27. The lowest BCUT2D eigenvalue weighted by Crippen LogP contribution is -2.31. The number of hydrogen-bond donors (Lipinski definition) is 2. The van der Waals surface area contributed by atoms with E-state index < -0.39 is 33.4 Å². The smallest absolute Gasteiger partial charge is 0.412 e. The molecule has 2 amide bonds. The second kappa shape index (κ2) is 10.8. The van der Waals surface area contributed by atoms with E-state index in [1.54, 1.807) is 34.6 Å². The van der Waals surface area contributed by atoms with Gasteiger partial charge < -0.3 is 14.8 Å². The fraction of sp³-hybridized carbons (Fsp3) is 0.391. The maximum absolute atomic E-state index is 13.9. The van der Waals surface area contributed by atoms with Crippen molar-refractivity contribution in [2.75, 3.05) is 30.8 Å². The zero-order valence-electron chi connectivity index (χ0n) is 20.1. The lowest BCUT2D eigenvalue weighted by Gasteiger charge is -2.21. The van der Waals surface area contributed by atoms with Gasteiger partial charge in [0.2, 0.25) is 10.0 Å². The van der Waals surface area contributed by atoms with Crippen molar-refractivity contribution in [3.05, 3.63) is 47.8 Å². The Labute approximate surface area is 199 Å². The van der Waals surface area contributed by atoms with Crippen molar-refractivity contribution >= 4 is 33.4 Å². The number of nitrogens with one attached hydrogen (secondary N) is 2. The summed E-state index contributed by atoms with van der Waals surface area (Å²) in [6.07, 6.45) is -0.786. The van der Waals surface area contributed by atoms with Gasteiger partial charge in [0.1, 0.15) is 22.1 Å². The van der Waals surface area contributed by atoms with Gasteiger partial charge in [0.05, 0.1) is 18.5 Å². The maximum atomic E-state index is 13.9. The van der Waals surface area contributed by atoms with Gasteiger partial charge >= 0.3 is 6.09 Å². The van der Waals surface area contributed by atoms with E-state index >= 15 is 0 Å². The number of amides is 2. The van der Waals surface area contributed by atoms with Crippen molar-refractivity contribution in [2.24, 2.45) is 0 Å². The molecule has 9 nitrogen and oxygen atoms in total. The van der Waals surface area contributed by atoms with Crippen LogP contribution < -0.4 is 15.4 Å². The number of carbonyl (C=O) groups excluding carboxylic acids is 2. The Hall–Kier alpha value is -3.18. The predicted molar refractivity (Wildman–Crippen MR) is 127 cm³/mol. The number of methoxy groups -OCH3 is 1. The van der Waals surface area contributed by atoms with Gasteiger partial charge in [-0.05, 0) is 57.2 Å². The summed E-state index contributed by atoms with van der Waals surface area (Å²) in [7, 11) is -2.60. The topological polar surface area (TPSA) is 114 Å². The molecule has 2 N–H and O–H groups in total. The van der Waals surface area contributed by atoms with Crippen LogP contribution in [0.4, 0.5) is 20.6 Å². The van der Waals surface area contributed by atoms with Crippen LogP contribution in [0.1, 0.15) is 45.0 Å². The van der Waals surface area contributed by atoms with Crippen LogP contribution in [0.3, 0.4) is 0 Å². The molecule has 34 heavy (non-hydrogen) atoms. The molecule has 0 aliphatic carbocycles. The Kier molecular flexibility index (Phi) is 8.62. The van der Waals surface area contributed by atoms with Crippen LogP contribution in [-0.4, -0.2) is 50.5 Å². The number of nitrogens with zero attached hydrogens (tertiary/aromatic N) is 1. The minimum absolute atomic E-state index is 0.000916. The molecule has 0 aliphatic rings. The molecular weight excluding hydrogens is 465 g/mol. The molecule has 2 aromatic rings. The second-order valence-corrected chi connectivity index (χ2v) is 10.1. The summed E-state index contributed by atoms with van der Waals surface area (Å²) in [5.74, 6) is -1.28. The van der Waals surface area contributed by atoms with E-state index in [4.69, 9.17) is 9.47 Å². The molecule has 0 aliphatic heterocycles. The quantitative estimate of drug-likeness (QED) is 0.559. The Balaban J connectivity index is 2.40. The average molecular weight is 496 g/mol. The molecule has 2 aromatic carbocycles. The lowest BCUT2D eigenvalue weighted by molar-refractivity contribution is 0.0635. The summed E-state index contributed by atoms with van der Waals surface area (Å²) in [6.45, 7) is 8.94. The van der Waals surface area contributed by atoms with Crippen molar-refractivity contribution < 1.29 is 31.9 Å². The number of anilines is 2. The molecular formula is C23H30FN3O6S. The molecule has 0 heterocycles. The van der Waals surface area contributed by atoms with Gasteiger partial charge in [-0.3, -0.25) is 10.1 Å². The van der Waals surface area contributed by atoms with Crippen LogP contribution in [0.2, 0.25) is 0 Å². The number of ether oxygens (including phenoxy) is 2. The summed E-state index contributed by atoms with van der Waals surface area (Å²) in [5.41, 5.74) is -0.684. The Morgan fingerprint density at radius 1 is 1.00 bits per heavy atom. The van der Waals surface area contributed by atoms with E-state index in [2.05, 4.69) is 10.6 Å². The normalized spacial score (nSPS) is 11.8. The molecule has 11 heteroatoms. The number of rotatable bonds is 8. The van der Waals surface area contributed by atoms with Gasteiger partial charge in [-0.1, -0.05) is 13.8 Å². The number of sulfonamides is 1. The van der Waals surface area contributed by atoms with E-state index in [9.17, 15) is 22.4 Å². The summed E-state index contributed by atoms with van der Waals surface area (Å²) >= 11 is 0. The third kappa shape index (κ3) is 6.67. The molecule has 0 bridgehead atoms. The number of carbonyl (C=O) groups is 2. The monoisotopic (exact) mass is 495 g/mol. The zero-order chi connectivity index (χ0) is 25.7. The standard InChI is InChI=1S/C23H30FN3O6S/c1-7-27(8-2)34(30,31)20-13-15(9-12-19(20)32-6)21(28)25-18-14-16(24)10-11-17(18)26-22(29)33-23(3,4)5/h9-14H,7-8H2,1-6H3,(H,25,28)(H,26,29). The van der Waals surface area contributed by atoms with Crippen LogP contribution in [0.5, 0.6) is 5.75 Å². The third-order valence-electron chi connectivity index (χ3n) is 4.61. The summed E-state index contributed by atoms with van der Waals surface area (Å²) < 4.78 is 51.6. The van der Waals surface area contributed by atoms with Crippen molar-refractivity contribution in [3.8, 4) is 5.75 Å². The van der Waals surface area contributed by atoms with Crippen molar-refractivity contribution in [1.29, 1.82) is 0 Å². The molecule has 186 valence electrons. The van der Waals surface area contributed by atoms with Crippen molar-refractivity contribution in [1.82, 2.24) is 4.31 Å². The van der Waals surface area contributed by atoms with Gasteiger partial charge in [0.15, 0.2) is 0 Å². The number of halogens is 1.